The molecule has 2 aliphatic heterocycles. The fourth-order valence-corrected chi connectivity index (χ4v) is 3.03. The van der Waals surface area contributed by atoms with Gasteiger partial charge in [-0.05, 0) is 24.4 Å². The van der Waals surface area contributed by atoms with Crippen LogP contribution in [0.25, 0.3) is 0 Å². The number of hydrogen-bond donors (Lipinski definition) is 3. The van der Waals surface area contributed by atoms with Gasteiger partial charge in [-0.3, -0.25) is 4.57 Å². The molecule has 24 heavy (non-hydrogen) atoms. The van der Waals surface area contributed by atoms with Crippen LogP contribution in [-0.4, -0.2) is 44.8 Å². The van der Waals surface area contributed by atoms with Crippen molar-refractivity contribution < 1.29 is 24.1 Å². The maximum atomic E-state index is 14.3. The van der Waals surface area contributed by atoms with Crippen LogP contribution < -0.4 is 10.1 Å². The van der Waals surface area contributed by atoms with Crippen molar-refractivity contribution in [2.24, 2.45) is 0 Å². The number of para-hydroxylation sites is 2. The van der Waals surface area contributed by atoms with E-state index in [0.717, 1.165) is 5.69 Å². The Morgan fingerprint density at radius 1 is 1.33 bits per heavy atom. The van der Waals surface area contributed by atoms with Crippen LogP contribution in [0.1, 0.15) is 6.23 Å². The summed E-state index contributed by atoms with van der Waals surface area (Å²) < 4.78 is 26.8. The average Bonchev–Trinajstić information content (AvgIpc) is 2.87. The zero-order chi connectivity index (χ0) is 16.8. The molecule has 2 aromatic rings. The third-order valence-corrected chi connectivity index (χ3v) is 4.33. The molecule has 1 fully saturated rings. The number of benzene rings is 1. The molecule has 1 aromatic heterocycles. The molecule has 1 saturated heterocycles. The first kappa shape index (κ1) is 15.5. The van der Waals surface area contributed by atoms with Crippen LogP contribution in [-0.2, 0) is 4.74 Å². The number of aromatic nitrogens is 2. The highest BCUT2D eigenvalue weighted by molar-refractivity contribution is 7.71. The zero-order valence-corrected chi connectivity index (χ0v) is 13.1. The minimum atomic E-state index is -1.74. The maximum absolute atomic E-state index is 14.3. The van der Waals surface area contributed by atoms with Gasteiger partial charge in [0, 0.05) is 0 Å². The van der Waals surface area contributed by atoms with Crippen LogP contribution in [0.3, 0.4) is 0 Å². The number of ether oxygens (including phenoxy) is 2. The molecule has 0 bridgehead atoms. The summed E-state index contributed by atoms with van der Waals surface area (Å²) in [5, 5.41) is 22.0. The molecule has 0 radical (unpaired) electrons. The van der Waals surface area contributed by atoms with Crippen molar-refractivity contribution in [1.82, 2.24) is 9.55 Å². The van der Waals surface area contributed by atoms with Gasteiger partial charge < -0.3 is 25.0 Å². The van der Waals surface area contributed by atoms with Crippen molar-refractivity contribution in [2.45, 2.75) is 24.6 Å². The fraction of sp³-hybridized carbons (Fsp3) is 0.333. The molecule has 0 aliphatic carbocycles. The number of alkyl halides is 1. The largest absolute Gasteiger partial charge is 0.450 e. The van der Waals surface area contributed by atoms with E-state index in [1.807, 2.05) is 18.2 Å². The quantitative estimate of drug-likeness (QED) is 0.609. The number of halogens is 1. The van der Waals surface area contributed by atoms with Crippen LogP contribution in [0, 0.1) is 4.77 Å². The van der Waals surface area contributed by atoms with Gasteiger partial charge >= 0.3 is 0 Å². The van der Waals surface area contributed by atoms with E-state index >= 15 is 0 Å². The van der Waals surface area contributed by atoms with E-state index in [0.29, 0.717) is 17.3 Å². The molecule has 0 amide bonds. The first-order chi connectivity index (χ1) is 11.6. The molecule has 1 aromatic carbocycles. The first-order valence-corrected chi connectivity index (χ1v) is 7.75. The van der Waals surface area contributed by atoms with Crippen LogP contribution >= 0.6 is 12.2 Å². The summed E-state index contributed by atoms with van der Waals surface area (Å²) in [4.78, 5) is 4.22. The molecule has 9 heteroatoms. The lowest BCUT2D eigenvalue weighted by atomic mass is 10.1. The van der Waals surface area contributed by atoms with Crippen molar-refractivity contribution in [2.75, 3.05) is 11.9 Å². The lowest BCUT2D eigenvalue weighted by Gasteiger charge is -2.23. The Kier molecular flexibility index (Phi) is 3.72. The number of rotatable bonds is 2. The van der Waals surface area contributed by atoms with Crippen LogP contribution in [0.15, 0.2) is 30.5 Å². The van der Waals surface area contributed by atoms with Gasteiger partial charge in [0.1, 0.15) is 12.2 Å². The molecule has 0 saturated carbocycles. The molecule has 0 spiro atoms. The summed E-state index contributed by atoms with van der Waals surface area (Å²) in [6.07, 6.45) is -3.88. The van der Waals surface area contributed by atoms with Crippen molar-refractivity contribution >= 4 is 23.7 Å². The second-order valence-corrected chi connectivity index (χ2v) is 5.91. The van der Waals surface area contributed by atoms with Crippen molar-refractivity contribution in [3.63, 3.8) is 0 Å². The summed E-state index contributed by atoms with van der Waals surface area (Å²) in [5.41, 5.74) is 0.751. The van der Waals surface area contributed by atoms with Crippen LogP contribution in [0.2, 0.25) is 0 Å². The molecular weight excluding hydrogens is 337 g/mol. The van der Waals surface area contributed by atoms with Crippen LogP contribution in [0.5, 0.6) is 11.5 Å². The molecule has 126 valence electrons. The molecule has 2 aliphatic rings. The third kappa shape index (κ3) is 2.37. The van der Waals surface area contributed by atoms with E-state index in [1.54, 1.807) is 6.07 Å². The number of aliphatic hydroxyl groups is 2. The lowest BCUT2D eigenvalue weighted by Crippen LogP contribution is -2.30. The Balaban J connectivity index is 1.72. The van der Waals surface area contributed by atoms with Gasteiger partial charge in [-0.15, -0.1) is 0 Å². The average molecular weight is 351 g/mol. The van der Waals surface area contributed by atoms with E-state index in [2.05, 4.69) is 10.3 Å². The molecule has 7 nitrogen and oxygen atoms in total. The minimum Gasteiger partial charge on any atom is -0.450 e. The van der Waals surface area contributed by atoms with Gasteiger partial charge in [0.15, 0.2) is 29.7 Å². The van der Waals surface area contributed by atoms with Crippen LogP contribution in [0.4, 0.5) is 15.9 Å². The normalized spacial score (nSPS) is 27.8. The SMILES string of the molecule is OC[C@H]1O[C@@H](n2cc3c(nc2=S)Nc2ccccc2O3)C(F)C1O. The van der Waals surface area contributed by atoms with Gasteiger partial charge in [-0.2, -0.15) is 4.98 Å². The van der Waals surface area contributed by atoms with E-state index in [4.69, 9.17) is 26.8 Å². The summed E-state index contributed by atoms with van der Waals surface area (Å²) >= 11 is 5.20. The second-order valence-electron chi connectivity index (χ2n) is 5.55. The number of nitrogens with zero attached hydrogens (tertiary/aromatic N) is 2. The van der Waals surface area contributed by atoms with Gasteiger partial charge in [0.25, 0.3) is 0 Å². The Hall–Kier alpha value is -2.07. The number of anilines is 2. The molecule has 2 unspecified atom stereocenters. The van der Waals surface area contributed by atoms with Gasteiger partial charge in [0.2, 0.25) is 4.77 Å². The Morgan fingerprint density at radius 3 is 2.88 bits per heavy atom. The fourth-order valence-electron chi connectivity index (χ4n) is 2.78. The maximum Gasteiger partial charge on any atom is 0.203 e. The second kappa shape index (κ2) is 5.78. The van der Waals surface area contributed by atoms with Gasteiger partial charge in [0.05, 0.1) is 18.5 Å². The van der Waals surface area contributed by atoms with Crippen molar-refractivity contribution in [3.8, 4) is 11.5 Å². The standard InChI is InChI=1S/C15H14FN3O4S/c16-11-12(21)10(6-20)23-14(11)19-5-9-13(18-15(19)24)17-7-3-1-2-4-8(7)22-9/h1-5,10-12,14,20-21H,6H2,(H,17,18,24)/t10-,11?,12?,14-/m1/s1. The Morgan fingerprint density at radius 2 is 2.12 bits per heavy atom. The minimum absolute atomic E-state index is 0.0719. The summed E-state index contributed by atoms with van der Waals surface area (Å²) in [6, 6.07) is 7.31. The summed E-state index contributed by atoms with van der Waals surface area (Å²) in [5.74, 6) is 1.38. The molecule has 4 atom stereocenters. The lowest BCUT2D eigenvalue weighted by molar-refractivity contribution is -0.0485. The van der Waals surface area contributed by atoms with E-state index in [9.17, 15) is 9.50 Å². The number of nitrogens with one attached hydrogen (secondary N) is 1. The smallest absolute Gasteiger partial charge is 0.203 e. The highest BCUT2D eigenvalue weighted by Gasteiger charge is 2.45. The van der Waals surface area contributed by atoms with E-state index < -0.39 is 31.2 Å². The highest BCUT2D eigenvalue weighted by Crippen LogP contribution is 2.41. The Bertz CT molecular complexity index is 846. The van der Waals surface area contributed by atoms with Crippen molar-refractivity contribution in [3.05, 3.63) is 35.2 Å². The molecule has 3 heterocycles. The predicted octanol–water partition coefficient (Wildman–Crippen LogP) is 2.05. The van der Waals surface area contributed by atoms with Gasteiger partial charge in [-0.25, -0.2) is 4.39 Å². The molecular formula is C15H14FN3O4S. The zero-order valence-electron chi connectivity index (χ0n) is 12.3. The molecule has 4 rings (SSSR count). The predicted molar refractivity (Wildman–Crippen MR) is 84.8 cm³/mol. The van der Waals surface area contributed by atoms with Crippen molar-refractivity contribution in [1.29, 1.82) is 0 Å². The number of hydrogen-bond acceptors (Lipinski definition) is 7. The first-order valence-electron chi connectivity index (χ1n) is 7.34. The number of aliphatic hydroxyl groups excluding tert-OH is 2. The van der Waals surface area contributed by atoms with Gasteiger partial charge in [-0.1, -0.05) is 12.1 Å². The Labute approximate surface area is 141 Å². The summed E-state index contributed by atoms with van der Waals surface area (Å²) in [7, 11) is 0. The highest BCUT2D eigenvalue weighted by atomic mass is 32.1. The monoisotopic (exact) mass is 351 g/mol. The topological polar surface area (TPSA) is 88.8 Å². The van der Waals surface area contributed by atoms with E-state index in [-0.39, 0.29) is 4.77 Å². The molecule has 3 N–H and O–H groups in total. The summed E-state index contributed by atoms with van der Waals surface area (Å²) in [6.45, 7) is -0.491. The van der Waals surface area contributed by atoms with E-state index in [1.165, 1.54) is 10.8 Å². The third-order valence-electron chi connectivity index (χ3n) is 4.03. The number of fused-ring (bicyclic) bond motifs is 2.